The van der Waals surface area contributed by atoms with Gasteiger partial charge in [0, 0.05) is 27.9 Å². The number of nitriles is 1. The van der Waals surface area contributed by atoms with Gasteiger partial charge >= 0.3 is 0 Å². The Morgan fingerprint density at radius 3 is 2.70 bits per heavy atom. The molecule has 3 aromatic rings. The van der Waals surface area contributed by atoms with Crippen molar-refractivity contribution in [2.75, 3.05) is 11.9 Å². The number of benzene rings is 2. The van der Waals surface area contributed by atoms with Crippen molar-refractivity contribution in [2.45, 2.75) is 6.92 Å². The topological polar surface area (TPSA) is 104 Å². The zero-order valence-electron chi connectivity index (χ0n) is 15.7. The van der Waals surface area contributed by atoms with Crippen molar-refractivity contribution in [3.8, 4) is 23.3 Å². The number of rotatable bonds is 6. The Hall–Kier alpha value is -3.47. The molecule has 0 atom stereocenters. The number of nitrogens with zero attached hydrogens (tertiary/aromatic N) is 1. The standard InChI is InChI=1S/C21H15Cl2N3O4/c1-12-17(4-5-25-21(12)28)26-20(27)11-29-19-9-14(22)2-3-18(19)30-16-7-13(10-24)6-15(23)8-16/h2-9H,11H2,1H3,(H2,25,26,27,28). The number of carbonyl (C=O) groups excluding carboxylic acids is 1. The molecule has 2 aromatic carbocycles. The summed E-state index contributed by atoms with van der Waals surface area (Å²) in [6, 6.07) is 12.8. The summed E-state index contributed by atoms with van der Waals surface area (Å²) in [5.74, 6) is 0.364. The van der Waals surface area contributed by atoms with Crippen LogP contribution in [0.15, 0.2) is 53.5 Å². The fourth-order valence-corrected chi connectivity index (χ4v) is 2.90. The van der Waals surface area contributed by atoms with Gasteiger partial charge < -0.3 is 19.8 Å². The van der Waals surface area contributed by atoms with Crippen molar-refractivity contribution in [3.63, 3.8) is 0 Å². The van der Waals surface area contributed by atoms with E-state index in [1.807, 2.05) is 6.07 Å². The number of halogens is 2. The molecule has 0 spiro atoms. The molecule has 0 saturated carbocycles. The van der Waals surface area contributed by atoms with Gasteiger partial charge in [0.15, 0.2) is 18.1 Å². The summed E-state index contributed by atoms with van der Waals surface area (Å²) in [6.07, 6.45) is 1.44. The average molecular weight is 444 g/mol. The van der Waals surface area contributed by atoms with Crippen molar-refractivity contribution in [3.05, 3.63) is 80.2 Å². The number of ether oxygens (including phenoxy) is 2. The number of anilines is 1. The Bertz CT molecular complexity index is 1200. The molecule has 0 radical (unpaired) electrons. The molecular weight excluding hydrogens is 429 g/mol. The largest absolute Gasteiger partial charge is 0.480 e. The van der Waals surface area contributed by atoms with Crippen molar-refractivity contribution in [1.82, 2.24) is 4.98 Å². The van der Waals surface area contributed by atoms with Crippen molar-refractivity contribution < 1.29 is 14.3 Å². The van der Waals surface area contributed by atoms with Crippen LogP contribution in [-0.2, 0) is 4.79 Å². The first-order valence-electron chi connectivity index (χ1n) is 8.65. The molecule has 152 valence electrons. The molecule has 1 aromatic heterocycles. The van der Waals surface area contributed by atoms with E-state index in [0.29, 0.717) is 32.6 Å². The molecule has 0 aliphatic carbocycles. The molecule has 0 saturated heterocycles. The van der Waals surface area contributed by atoms with Gasteiger partial charge in [-0.3, -0.25) is 9.59 Å². The van der Waals surface area contributed by atoms with E-state index in [0.717, 1.165) is 0 Å². The molecule has 0 unspecified atom stereocenters. The molecule has 9 heteroatoms. The van der Waals surface area contributed by atoms with Gasteiger partial charge in [-0.1, -0.05) is 23.2 Å². The van der Waals surface area contributed by atoms with Crippen LogP contribution in [0.1, 0.15) is 11.1 Å². The monoisotopic (exact) mass is 443 g/mol. The van der Waals surface area contributed by atoms with Crippen molar-refractivity contribution in [1.29, 1.82) is 5.26 Å². The molecule has 0 aliphatic heterocycles. The zero-order chi connectivity index (χ0) is 21.7. The van der Waals surface area contributed by atoms with Gasteiger partial charge in [-0.05, 0) is 43.3 Å². The summed E-state index contributed by atoms with van der Waals surface area (Å²) < 4.78 is 11.4. The first-order chi connectivity index (χ1) is 14.4. The fourth-order valence-electron chi connectivity index (χ4n) is 2.51. The Morgan fingerprint density at radius 1 is 1.13 bits per heavy atom. The van der Waals surface area contributed by atoms with E-state index in [9.17, 15) is 9.59 Å². The Balaban J connectivity index is 1.75. The first-order valence-corrected chi connectivity index (χ1v) is 9.40. The summed E-state index contributed by atoms with van der Waals surface area (Å²) in [4.78, 5) is 26.4. The average Bonchev–Trinajstić information content (AvgIpc) is 2.71. The second kappa shape index (κ2) is 9.35. The van der Waals surface area contributed by atoms with Gasteiger partial charge in [0.05, 0.1) is 17.3 Å². The third kappa shape index (κ3) is 5.32. The van der Waals surface area contributed by atoms with Gasteiger partial charge in [-0.15, -0.1) is 0 Å². The second-order valence-electron chi connectivity index (χ2n) is 6.16. The summed E-state index contributed by atoms with van der Waals surface area (Å²) in [5.41, 5.74) is 0.809. The van der Waals surface area contributed by atoms with Crippen molar-refractivity contribution >= 4 is 34.8 Å². The van der Waals surface area contributed by atoms with E-state index in [1.165, 1.54) is 24.4 Å². The number of aromatic amines is 1. The van der Waals surface area contributed by atoms with E-state index >= 15 is 0 Å². The Kier molecular flexibility index (Phi) is 6.62. The van der Waals surface area contributed by atoms with Gasteiger partial charge in [0.1, 0.15) is 5.75 Å². The lowest BCUT2D eigenvalue weighted by atomic mass is 10.2. The van der Waals surface area contributed by atoms with Crippen LogP contribution < -0.4 is 20.3 Å². The van der Waals surface area contributed by atoms with Gasteiger partial charge in [0.25, 0.3) is 11.5 Å². The zero-order valence-corrected chi connectivity index (χ0v) is 17.2. The van der Waals surface area contributed by atoms with Crippen LogP contribution in [0, 0.1) is 18.3 Å². The number of amides is 1. The highest BCUT2D eigenvalue weighted by atomic mass is 35.5. The van der Waals surface area contributed by atoms with Gasteiger partial charge in [0.2, 0.25) is 0 Å². The van der Waals surface area contributed by atoms with Crippen LogP contribution >= 0.6 is 23.2 Å². The highest BCUT2D eigenvalue weighted by Gasteiger charge is 2.12. The first kappa shape index (κ1) is 21.2. The Labute approximate surface area is 181 Å². The molecule has 7 nitrogen and oxygen atoms in total. The van der Waals surface area contributed by atoms with E-state index in [2.05, 4.69) is 10.3 Å². The predicted octanol–water partition coefficient (Wildman–Crippen LogP) is 4.67. The normalized spacial score (nSPS) is 10.2. The lowest BCUT2D eigenvalue weighted by molar-refractivity contribution is -0.118. The van der Waals surface area contributed by atoms with Crippen LogP contribution in [0.5, 0.6) is 17.2 Å². The SMILES string of the molecule is Cc1c(NC(=O)COc2cc(Cl)ccc2Oc2cc(Cl)cc(C#N)c2)cc[nH]c1=O. The third-order valence-corrected chi connectivity index (χ3v) is 4.43. The van der Waals surface area contributed by atoms with Gasteiger partial charge in [-0.2, -0.15) is 5.26 Å². The van der Waals surface area contributed by atoms with Crippen LogP contribution in [-0.4, -0.2) is 17.5 Å². The number of H-pyrrole nitrogens is 1. The number of pyridine rings is 1. The lowest BCUT2D eigenvalue weighted by Crippen LogP contribution is -2.22. The summed E-state index contributed by atoms with van der Waals surface area (Å²) in [6.45, 7) is 1.25. The molecule has 3 rings (SSSR count). The molecule has 0 aliphatic rings. The fraction of sp³-hybridized carbons (Fsp3) is 0.0952. The quantitative estimate of drug-likeness (QED) is 0.575. The van der Waals surface area contributed by atoms with E-state index < -0.39 is 5.91 Å². The number of carbonyl (C=O) groups is 1. The van der Waals surface area contributed by atoms with E-state index in [1.54, 1.807) is 31.2 Å². The minimum Gasteiger partial charge on any atom is -0.480 e. The van der Waals surface area contributed by atoms with Crippen molar-refractivity contribution in [2.24, 2.45) is 0 Å². The maximum absolute atomic E-state index is 12.3. The molecule has 1 amide bonds. The van der Waals surface area contributed by atoms with Gasteiger partial charge in [-0.25, -0.2) is 0 Å². The van der Waals surface area contributed by atoms with Crippen LogP contribution in [0.2, 0.25) is 10.0 Å². The minimum absolute atomic E-state index is 0.221. The lowest BCUT2D eigenvalue weighted by Gasteiger charge is -2.14. The number of nitrogens with one attached hydrogen (secondary N) is 2. The number of hydrogen-bond donors (Lipinski definition) is 2. The van der Waals surface area contributed by atoms with E-state index in [4.69, 9.17) is 37.9 Å². The van der Waals surface area contributed by atoms with Crippen LogP contribution in [0.25, 0.3) is 0 Å². The van der Waals surface area contributed by atoms with Crippen LogP contribution in [0.4, 0.5) is 5.69 Å². The van der Waals surface area contributed by atoms with Crippen LogP contribution in [0.3, 0.4) is 0 Å². The number of aromatic nitrogens is 1. The maximum Gasteiger partial charge on any atom is 0.262 e. The van der Waals surface area contributed by atoms with E-state index in [-0.39, 0.29) is 23.7 Å². The highest BCUT2D eigenvalue weighted by molar-refractivity contribution is 6.31. The second-order valence-corrected chi connectivity index (χ2v) is 7.04. The highest BCUT2D eigenvalue weighted by Crippen LogP contribution is 2.35. The third-order valence-electron chi connectivity index (χ3n) is 3.98. The molecule has 0 fully saturated rings. The summed E-state index contributed by atoms with van der Waals surface area (Å²) >= 11 is 12.0. The molecule has 30 heavy (non-hydrogen) atoms. The Morgan fingerprint density at radius 2 is 1.93 bits per heavy atom. The molecule has 2 N–H and O–H groups in total. The predicted molar refractivity (Wildman–Crippen MR) is 114 cm³/mol. The number of hydrogen-bond acceptors (Lipinski definition) is 5. The molecular formula is C21H15Cl2N3O4. The summed E-state index contributed by atoms with van der Waals surface area (Å²) in [7, 11) is 0. The summed E-state index contributed by atoms with van der Waals surface area (Å²) in [5, 5.41) is 12.4. The maximum atomic E-state index is 12.3. The molecule has 0 bridgehead atoms. The molecule has 1 heterocycles. The smallest absolute Gasteiger partial charge is 0.262 e. The minimum atomic E-state index is -0.468.